The number of benzene rings is 2. The van der Waals surface area contributed by atoms with Crippen molar-refractivity contribution in [3.05, 3.63) is 62.6 Å². The number of ether oxygens (including phenoxy) is 1. The van der Waals surface area contributed by atoms with E-state index >= 15 is 0 Å². The highest BCUT2D eigenvalue weighted by molar-refractivity contribution is 6.42. The monoisotopic (exact) mass is 407 g/mol. The van der Waals surface area contributed by atoms with Crippen molar-refractivity contribution in [1.82, 2.24) is 5.32 Å². The summed E-state index contributed by atoms with van der Waals surface area (Å²) in [7, 11) is 1.69. The summed E-state index contributed by atoms with van der Waals surface area (Å²) < 4.78 is 5.50. The van der Waals surface area contributed by atoms with Gasteiger partial charge in [-0.1, -0.05) is 43.1 Å². The Balaban J connectivity index is 2.05. The van der Waals surface area contributed by atoms with Gasteiger partial charge in [-0.15, -0.1) is 0 Å². The molecule has 0 saturated carbocycles. The van der Waals surface area contributed by atoms with Crippen LogP contribution in [0.3, 0.4) is 0 Å². The highest BCUT2D eigenvalue weighted by Gasteiger charge is 2.17. The number of halogens is 2. The van der Waals surface area contributed by atoms with Crippen molar-refractivity contribution >= 4 is 29.1 Å². The van der Waals surface area contributed by atoms with Crippen LogP contribution in [-0.2, 0) is 11.2 Å². The molecule has 0 aliphatic rings. The molecule has 5 heteroatoms. The minimum Gasteiger partial charge on any atom is -0.496 e. The molecule has 0 fully saturated rings. The molecule has 0 aliphatic heterocycles. The van der Waals surface area contributed by atoms with Gasteiger partial charge in [0.05, 0.1) is 23.2 Å². The number of nitrogens with one attached hydrogen (secondary N) is 1. The zero-order valence-electron chi connectivity index (χ0n) is 16.5. The predicted octanol–water partition coefficient (Wildman–Crippen LogP) is 6.24. The molecule has 146 valence electrons. The maximum atomic E-state index is 12.4. The van der Waals surface area contributed by atoms with Gasteiger partial charge in [-0.2, -0.15) is 0 Å². The molecule has 27 heavy (non-hydrogen) atoms. The number of hydrogen-bond acceptors (Lipinski definition) is 2. The van der Waals surface area contributed by atoms with Gasteiger partial charge in [0.2, 0.25) is 5.91 Å². The van der Waals surface area contributed by atoms with Gasteiger partial charge in [-0.3, -0.25) is 4.79 Å². The summed E-state index contributed by atoms with van der Waals surface area (Å²) in [6.45, 7) is 8.32. The molecule has 0 saturated heterocycles. The fourth-order valence-corrected chi connectivity index (χ4v) is 3.48. The van der Waals surface area contributed by atoms with Crippen LogP contribution in [0, 0.1) is 6.92 Å². The Morgan fingerprint density at radius 2 is 1.78 bits per heavy atom. The van der Waals surface area contributed by atoms with Crippen molar-refractivity contribution < 1.29 is 9.53 Å². The number of rotatable bonds is 7. The minimum atomic E-state index is -0.0743. The fraction of sp³-hybridized carbons (Fsp3) is 0.409. The first-order valence-corrected chi connectivity index (χ1v) is 9.90. The third-order valence-electron chi connectivity index (χ3n) is 4.71. The highest BCUT2D eigenvalue weighted by atomic mass is 35.5. The molecule has 0 bridgehead atoms. The molecule has 0 spiro atoms. The number of methoxy groups -OCH3 is 1. The lowest BCUT2D eigenvalue weighted by molar-refractivity contribution is -0.121. The highest BCUT2D eigenvalue weighted by Crippen LogP contribution is 2.32. The van der Waals surface area contributed by atoms with Crippen molar-refractivity contribution in [2.24, 2.45) is 0 Å². The minimum absolute atomic E-state index is 0.00916. The lowest BCUT2D eigenvalue weighted by Gasteiger charge is -2.21. The second kappa shape index (κ2) is 9.48. The first kappa shape index (κ1) is 21.6. The van der Waals surface area contributed by atoms with Crippen LogP contribution in [-0.4, -0.2) is 13.0 Å². The number of hydrogen-bond donors (Lipinski definition) is 1. The Morgan fingerprint density at radius 1 is 1.07 bits per heavy atom. The van der Waals surface area contributed by atoms with E-state index in [1.54, 1.807) is 13.2 Å². The van der Waals surface area contributed by atoms with Gasteiger partial charge < -0.3 is 10.1 Å². The van der Waals surface area contributed by atoms with Crippen LogP contribution in [0.2, 0.25) is 10.0 Å². The zero-order chi connectivity index (χ0) is 20.1. The van der Waals surface area contributed by atoms with Gasteiger partial charge in [0.15, 0.2) is 0 Å². The second-order valence-corrected chi connectivity index (χ2v) is 7.96. The molecule has 0 aliphatic carbocycles. The molecule has 0 unspecified atom stereocenters. The topological polar surface area (TPSA) is 38.3 Å². The summed E-state index contributed by atoms with van der Waals surface area (Å²) in [5, 5.41) is 4.13. The van der Waals surface area contributed by atoms with Gasteiger partial charge in [-0.05, 0) is 72.7 Å². The van der Waals surface area contributed by atoms with Crippen LogP contribution in [0.5, 0.6) is 5.75 Å². The third kappa shape index (κ3) is 5.63. The molecule has 2 rings (SSSR count). The van der Waals surface area contributed by atoms with Crippen LogP contribution < -0.4 is 10.1 Å². The molecule has 2 aromatic rings. The Hall–Kier alpha value is -1.71. The van der Waals surface area contributed by atoms with Crippen molar-refractivity contribution in [2.75, 3.05) is 7.11 Å². The van der Waals surface area contributed by atoms with Gasteiger partial charge in [0.25, 0.3) is 0 Å². The van der Waals surface area contributed by atoms with Crippen LogP contribution in [0.4, 0.5) is 0 Å². The fourth-order valence-electron chi connectivity index (χ4n) is 3.15. The van der Waals surface area contributed by atoms with E-state index in [2.05, 4.69) is 25.2 Å². The molecule has 0 heterocycles. The lowest BCUT2D eigenvalue weighted by Crippen LogP contribution is -2.27. The Kier molecular flexibility index (Phi) is 7.58. The first-order valence-electron chi connectivity index (χ1n) is 9.14. The summed E-state index contributed by atoms with van der Waals surface area (Å²) in [4.78, 5) is 12.4. The van der Waals surface area contributed by atoms with Crippen LogP contribution in [0.25, 0.3) is 0 Å². The average Bonchev–Trinajstić information content (AvgIpc) is 2.61. The van der Waals surface area contributed by atoms with Gasteiger partial charge in [0.1, 0.15) is 5.75 Å². The van der Waals surface area contributed by atoms with Gasteiger partial charge in [0, 0.05) is 6.42 Å². The van der Waals surface area contributed by atoms with E-state index in [9.17, 15) is 4.79 Å². The molecule has 1 atom stereocenters. The third-order valence-corrected chi connectivity index (χ3v) is 5.45. The van der Waals surface area contributed by atoms with E-state index in [1.165, 1.54) is 0 Å². The van der Waals surface area contributed by atoms with Gasteiger partial charge in [-0.25, -0.2) is 0 Å². The summed E-state index contributed by atoms with van der Waals surface area (Å²) >= 11 is 12.0. The Bertz CT molecular complexity index is 818. The lowest BCUT2D eigenvalue weighted by atomic mass is 9.93. The molecule has 2 aromatic carbocycles. The van der Waals surface area contributed by atoms with Crippen LogP contribution in [0.15, 0.2) is 30.3 Å². The molecule has 1 amide bonds. The summed E-state index contributed by atoms with van der Waals surface area (Å²) in [6, 6.07) is 9.57. The van der Waals surface area contributed by atoms with E-state index in [0.29, 0.717) is 28.8 Å². The molecule has 0 radical (unpaired) electrons. The van der Waals surface area contributed by atoms with E-state index in [0.717, 1.165) is 28.0 Å². The summed E-state index contributed by atoms with van der Waals surface area (Å²) in [5.74, 6) is 1.25. The van der Waals surface area contributed by atoms with Crippen LogP contribution in [0.1, 0.15) is 61.4 Å². The molecule has 1 N–H and O–H groups in total. The van der Waals surface area contributed by atoms with Crippen molar-refractivity contribution in [3.63, 3.8) is 0 Å². The largest absolute Gasteiger partial charge is 0.496 e. The molecule has 0 aromatic heterocycles. The average molecular weight is 408 g/mol. The number of carbonyl (C=O) groups is 1. The molecular weight excluding hydrogens is 381 g/mol. The standard InChI is InChI=1S/C22H27Cl2NO2/c1-13(2)17-12-18(14(3)10-21(17)27-5)15(4)25-22(26)9-7-16-6-8-19(23)20(24)11-16/h6,8,10-13,15H,7,9H2,1-5H3,(H,25,26)/t15-/m0/s1. The van der Waals surface area contributed by atoms with Crippen molar-refractivity contribution in [3.8, 4) is 5.75 Å². The maximum Gasteiger partial charge on any atom is 0.220 e. The number of carbonyl (C=O) groups excluding carboxylic acids is 1. The van der Waals surface area contributed by atoms with E-state index in [4.69, 9.17) is 27.9 Å². The summed E-state index contributed by atoms with van der Waals surface area (Å²) in [5.41, 5.74) is 4.36. The maximum absolute atomic E-state index is 12.4. The SMILES string of the molecule is COc1cc(C)c([C@H](C)NC(=O)CCc2ccc(Cl)c(Cl)c2)cc1C(C)C. The predicted molar refractivity (Wildman–Crippen MR) is 113 cm³/mol. The molecule has 3 nitrogen and oxygen atoms in total. The smallest absolute Gasteiger partial charge is 0.220 e. The Morgan fingerprint density at radius 3 is 2.37 bits per heavy atom. The quantitative estimate of drug-likeness (QED) is 0.589. The van der Waals surface area contributed by atoms with E-state index in [-0.39, 0.29) is 11.9 Å². The van der Waals surface area contributed by atoms with E-state index < -0.39 is 0 Å². The summed E-state index contributed by atoms with van der Waals surface area (Å²) in [6.07, 6.45) is 1.02. The number of aryl methyl sites for hydroxylation is 2. The first-order chi connectivity index (χ1) is 12.7. The second-order valence-electron chi connectivity index (χ2n) is 7.14. The van der Waals surface area contributed by atoms with Crippen molar-refractivity contribution in [2.45, 2.75) is 52.5 Å². The zero-order valence-corrected chi connectivity index (χ0v) is 18.0. The molecular formula is C22H27Cl2NO2. The van der Waals surface area contributed by atoms with Crippen LogP contribution >= 0.6 is 23.2 Å². The van der Waals surface area contributed by atoms with Crippen molar-refractivity contribution in [1.29, 1.82) is 0 Å². The van der Waals surface area contributed by atoms with E-state index in [1.807, 2.05) is 32.0 Å². The number of amides is 1. The normalized spacial score (nSPS) is 12.1. The van der Waals surface area contributed by atoms with Gasteiger partial charge >= 0.3 is 0 Å². The Labute approximate surface area is 172 Å².